The van der Waals surface area contributed by atoms with Crippen molar-refractivity contribution in [2.45, 2.75) is 12.3 Å². The maximum Gasteiger partial charge on any atom is 0.416 e. The molecule has 1 fully saturated rings. The van der Waals surface area contributed by atoms with Gasteiger partial charge in [-0.2, -0.15) is 13.2 Å². The van der Waals surface area contributed by atoms with Gasteiger partial charge in [-0.15, -0.1) is 0 Å². The highest BCUT2D eigenvalue weighted by molar-refractivity contribution is 5.97. The van der Waals surface area contributed by atoms with Crippen LogP contribution >= 0.6 is 0 Å². The van der Waals surface area contributed by atoms with E-state index in [9.17, 15) is 22.8 Å². The quantitative estimate of drug-likeness (QED) is 0.580. The summed E-state index contributed by atoms with van der Waals surface area (Å²) in [5.74, 6) is -0.338. The zero-order valence-corrected chi connectivity index (χ0v) is 19.0. The number of nitrogens with zero attached hydrogens (tertiary/aromatic N) is 2. The van der Waals surface area contributed by atoms with Crippen LogP contribution in [0, 0.1) is 0 Å². The molecule has 2 aromatic rings. The minimum Gasteiger partial charge on any atom is -0.496 e. The second-order valence-corrected chi connectivity index (χ2v) is 7.77. The number of benzene rings is 2. The number of hydrogen-bond acceptors (Lipinski definition) is 5. The van der Waals surface area contributed by atoms with Crippen molar-refractivity contribution in [3.8, 4) is 5.75 Å². The number of carbonyl (C=O) groups is 2. The number of alkyl halides is 3. The number of methoxy groups -OCH3 is 2. The second kappa shape index (κ2) is 11.3. The Morgan fingerprint density at radius 2 is 1.91 bits per heavy atom. The molecule has 0 aliphatic carbocycles. The Hall–Kier alpha value is -3.11. The lowest BCUT2D eigenvalue weighted by Gasteiger charge is -2.36. The first-order chi connectivity index (χ1) is 16.2. The Kier molecular flexibility index (Phi) is 8.51. The van der Waals surface area contributed by atoms with E-state index in [1.807, 2.05) is 0 Å². The molecule has 2 amide bonds. The molecule has 184 valence electrons. The molecule has 1 unspecified atom stereocenters. The summed E-state index contributed by atoms with van der Waals surface area (Å²) in [6, 6.07) is 11.2. The van der Waals surface area contributed by atoms with Crippen molar-refractivity contribution in [2.24, 2.45) is 0 Å². The third kappa shape index (κ3) is 6.27. The molecule has 0 bridgehead atoms. The van der Waals surface area contributed by atoms with Gasteiger partial charge in [0.1, 0.15) is 5.75 Å². The third-order valence-corrected chi connectivity index (χ3v) is 5.48. The number of rotatable bonds is 8. The van der Waals surface area contributed by atoms with Gasteiger partial charge < -0.3 is 24.0 Å². The summed E-state index contributed by atoms with van der Waals surface area (Å²) in [4.78, 5) is 29.1. The number of carbonyl (C=O) groups excluding carboxylic acids is 2. The van der Waals surface area contributed by atoms with E-state index in [1.54, 1.807) is 29.2 Å². The van der Waals surface area contributed by atoms with Crippen molar-refractivity contribution < 1.29 is 37.0 Å². The molecule has 3 rings (SSSR count). The molecule has 2 aromatic carbocycles. The highest BCUT2D eigenvalue weighted by atomic mass is 19.4. The average molecular weight is 480 g/mol. The topological polar surface area (TPSA) is 68.3 Å². The van der Waals surface area contributed by atoms with Crippen LogP contribution in [0.5, 0.6) is 5.75 Å². The molecule has 10 heteroatoms. The van der Waals surface area contributed by atoms with Gasteiger partial charge in [0, 0.05) is 38.9 Å². The van der Waals surface area contributed by atoms with Crippen molar-refractivity contribution >= 4 is 11.8 Å². The van der Waals surface area contributed by atoms with E-state index in [0.717, 1.165) is 12.1 Å². The lowest BCUT2D eigenvalue weighted by molar-refractivity contribution is -0.137. The summed E-state index contributed by atoms with van der Waals surface area (Å²) in [7, 11) is 2.96. The monoisotopic (exact) mass is 480 g/mol. The van der Waals surface area contributed by atoms with E-state index < -0.39 is 23.8 Å². The van der Waals surface area contributed by atoms with Crippen molar-refractivity contribution in [1.29, 1.82) is 0 Å². The van der Waals surface area contributed by atoms with Crippen LogP contribution < -0.4 is 4.74 Å². The van der Waals surface area contributed by atoms with Gasteiger partial charge in [-0.05, 0) is 30.3 Å². The summed E-state index contributed by atoms with van der Waals surface area (Å²) >= 11 is 0. The molecular weight excluding hydrogens is 453 g/mol. The number of halogens is 3. The van der Waals surface area contributed by atoms with Crippen LogP contribution in [0.3, 0.4) is 0 Å². The summed E-state index contributed by atoms with van der Waals surface area (Å²) in [6.45, 7) is 1.30. The Bertz CT molecular complexity index is 999. The number of morpholine rings is 1. The Balaban J connectivity index is 1.74. The van der Waals surface area contributed by atoms with E-state index in [-0.39, 0.29) is 44.3 Å². The molecule has 0 aromatic heterocycles. The fraction of sp³-hybridized carbons (Fsp3) is 0.417. The van der Waals surface area contributed by atoms with Crippen LogP contribution in [0.15, 0.2) is 48.5 Å². The maximum atomic E-state index is 13.1. The summed E-state index contributed by atoms with van der Waals surface area (Å²) in [6.07, 6.45) is -5.07. The van der Waals surface area contributed by atoms with Gasteiger partial charge in [0.15, 0.2) is 0 Å². The molecule has 1 aliphatic heterocycles. The van der Waals surface area contributed by atoms with Crippen molar-refractivity contribution in [1.82, 2.24) is 9.80 Å². The number of hydrogen-bond donors (Lipinski definition) is 0. The van der Waals surface area contributed by atoms with E-state index in [0.29, 0.717) is 17.9 Å². The highest BCUT2D eigenvalue weighted by Gasteiger charge is 2.32. The van der Waals surface area contributed by atoms with Crippen LogP contribution in [-0.4, -0.2) is 81.3 Å². The van der Waals surface area contributed by atoms with Crippen molar-refractivity contribution in [3.63, 3.8) is 0 Å². The molecule has 1 atom stereocenters. The number of para-hydroxylation sites is 1. The van der Waals surface area contributed by atoms with Crippen LogP contribution in [0.25, 0.3) is 0 Å². The highest BCUT2D eigenvalue weighted by Crippen LogP contribution is 2.30. The van der Waals surface area contributed by atoms with E-state index >= 15 is 0 Å². The van der Waals surface area contributed by atoms with Crippen LogP contribution in [0.1, 0.15) is 26.3 Å². The summed E-state index contributed by atoms with van der Waals surface area (Å²) < 4.78 is 55.5. The van der Waals surface area contributed by atoms with Crippen LogP contribution in [0.4, 0.5) is 13.2 Å². The molecule has 1 aliphatic rings. The van der Waals surface area contributed by atoms with Crippen molar-refractivity contribution in [3.05, 3.63) is 65.2 Å². The SMILES string of the molecule is COCCN(CC1CN(C(=O)c2ccccc2OC)CCO1)C(=O)c1cccc(C(F)(F)F)c1. The minimum atomic E-state index is -4.56. The minimum absolute atomic E-state index is 0.0799. The number of amides is 2. The van der Waals surface area contributed by atoms with Gasteiger partial charge in [0.05, 0.1) is 37.6 Å². The maximum absolute atomic E-state index is 13.1. The second-order valence-electron chi connectivity index (χ2n) is 7.77. The van der Waals surface area contributed by atoms with E-state index in [1.165, 1.54) is 31.3 Å². The molecule has 1 saturated heterocycles. The molecule has 34 heavy (non-hydrogen) atoms. The molecule has 0 spiro atoms. The standard InChI is InChI=1S/C24H27F3N2O5/c1-32-12-10-28(22(30)17-6-5-7-18(14-17)24(25,26)27)15-19-16-29(11-13-34-19)23(31)20-8-3-4-9-21(20)33-2/h3-9,14,19H,10-13,15-16H2,1-2H3. The predicted molar refractivity (Wildman–Crippen MR) is 118 cm³/mol. The van der Waals surface area contributed by atoms with Crippen LogP contribution in [-0.2, 0) is 15.7 Å². The van der Waals surface area contributed by atoms with E-state index in [2.05, 4.69) is 0 Å². The molecule has 1 heterocycles. The van der Waals surface area contributed by atoms with Gasteiger partial charge in [-0.1, -0.05) is 18.2 Å². The normalized spacial score (nSPS) is 16.3. The van der Waals surface area contributed by atoms with Crippen molar-refractivity contribution in [2.75, 3.05) is 53.6 Å². The van der Waals surface area contributed by atoms with Gasteiger partial charge in [-0.25, -0.2) is 0 Å². The van der Waals surface area contributed by atoms with Gasteiger partial charge in [0.25, 0.3) is 11.8 Å². The molecule has 7 nitrogen and oxygen atoms in total. The first-order valence-corrected chi connectivity index (χ1v) is 10.7. The predicted octanol–water partition coefficient (Wildman–Crippen LogP) is 3.34. The zero-order valence-electron chi connectivity index (χ0n) is 19.0. The Morgan fingerprint density at radius 3 is 2.62 bits per heavy atom. The van der Waals surface area contributed by atoms with E-state index in [4.69, 9.17) is 14.2 Å². The lowest BCUT2D eigenvalue weighted by atomic mass is 10.1. The van der Waals surface area contributed by atoms with Gasteiger partial charge in [-0.3, -0.25) is 9.59 Å². The molecule has 0 N–H and O–H groups in total. The summed E-state index contributed by atoms with van der Waals surface area (Å²) in [5, 5.41) is 0. The smallest absolute Gasteiger partial charge is 0.416 e. The largest absolute Gasteiger partial charge is 0.496 e. The zero-order chi connectivity index (χ0) is 24.7. The van der Waals surface area contributed by atoms with Gasteiger partial charge in [0.2, 0.25) is 0 Å². The fourth-order valence-electron chi connectivity index (χ4n) is 3.74. The molecular formula is C24H27F3N2O5. The summed E-state index contributed by atoms with van der Waals surface area (Å²) in [5.41, 5.74) is -0.557. The first kappa shape index (κ1) is 25.5. The molecule has 0 saturated carbocycles. The number of ether oxygens (including phenoxy) is 3. The Morgan fingerprint density at radius 1 is 1.15 bits per heavy atom. The Labute approximate surface area is 196 Å². The first-order valence-electron chi connectivity index (χ1n) is 10.7. The lowest BCUT2D eigenvalue weighted by Crippen LogP contribution is -2.51. The van der Waals surface area contributed by atoms with Gasteiger partial charge >= 0.3 is 6.18 Å². The van der Waals surface area contributed by atoms with Crippen LogP contribution in [0.2, 0.25) is 0 Å². The average Bonchev–Trinajstić information content (AvgIpc) is 2.85. The molecule has 0 radical (unpaired) electrons. The fourth-order valence-corrected chi connectivity index (χ4v) is 3.74. The third-order valence-electron chi connectivity index (χ3n) is 5.48.